The minimum atomic E-state index is -0.408. The van der Waals surface area contributed by atoms with Crippen molar-refractivity contribution < 1.29 is 13.9 Å². The molecule has 3 N–H and O–H groups in total. The molecule has 0 aromatic heterocycles. The lowest BCUT2D eigenvalue weighted by Gasteiger charge is -2.09. The number of hydrogen-bond acceptors (Lipinski definition) is 4. The van der Waals surface area contributed by atoms with Gasteiger partial charge in [0.2, 0.25) is 0 Å². The lowest BCUT2D eigenvalue weighted by atomic mass is 10.2. The summed E-state index contributed by atoms with van der Waals surface area (Å²) in [5.41, 5.74) is 10.0. The minimum absolute atomic E-state index is 0.0877. The van der Waals surface area contributed by atoms with Gasteiger partial charge < -0.3 is 10.5 Å². The Balaban J connectivity index is 1.67. The topological polar surface area (TPSA) is 76.7 Å². The molecule has 3 aromatic carbocycles. The van der Waals surface area contributed by atoms with E-state index < -0.39 is 5.91 Å². The number of rotatable bonds is 6. The molecule has 0 fully saturated rings. The van der Waals surface area contributed by atoms with Crippen LogP contribution in [0.2, 0.25) is 0 Å². The molecule has 0 unspecified atom stereocenters. The van der Waals surface area contributed by atoms with Gasteiger partial charge in [0.25, 0.3) is 5.91 Å². The summed E-state index contributed by atoms with van der Waals surface area (Å²) in [6, 6.07) is 20.3. The Morgan fingerprint density at radius 3 is 2.56 bits per heavy atom. The Hall–Kier alpha value is -3.67. The Kier molecular flexibility index (Phi) is 5.79. The van der Waals surface area contributed by atoms with Gasteiger partial charge >= 0.3 is 0 Å². The molecule has 0 bridgehead atoms. The normalized spacial score (nSPS) is 10.7. The molecular formula is C21H18FN3O2. The summed E-state index contributed by atoms with van der Waals surface area (Å²) in [6.45, 7) is 0.0877. The van der Waals surface area contributed by atoms with E-state index >= 15 is 0 Å². The highest BCUT2D eigenvalue weighted by Crippen LogP contribution is 2.18. The van der Waals surface area contributed by atoms with Crippen molar-refractivity contribution in [3.8, 4) is 5.75 Å². The molecule has 0 aliphatic carbocycles. The molecule has 0 saturated heterocycles. The molecule has 0 aliphatic rings. The molecule has 27 heavy (non-hydrogen) atoms. The second kappa shape index (κ2) is 8.62. The summed E-state index contributed by atoms with van der Waals surface area (Å²) in [6.07, 6.45) is 1.47. The van der Waals surface area contributed by atoms with Crippen LogP contribution in [0.1, 0.15) is 21.5 Å². The molecular weight excluding hydrogens is 345 g/mol. The zero-order valence-electron chi connectivity index (χ0n) is 14.4. The average molecular weight is 363 g/mol. The van der Waals surface area contributed by atoms with Crippen LogP contribution in [-0.4, -0.2) is 12.1 Å². The van der Waals surface area contributed by atoms with E-state index in [9.17, 15) is 9.18 Å². The van der Waals surface area contributed by atoms with Crippen molar-refractivity contribution in [2.75, 3.05) is 5.73 Å². The number of halogens is 1. The van der Waals surface area contributed by atoms with Crippen molar-refractivity contribution in [1.82, 2.24) is 5.43 Å². The van der Waals surface area contributed by atoms with Crippen LogP contribution in [0, 0.1) is 5.82 Å². The molecule has 0 atom stereocenters. The maximum absolute atomic E-state index is 13.7. The summed E-state index contributed by atoms with van der Waals surface area (Å²) in [5.74, 6) is -0.205. The van der Waals surface area contributed by atoms with Gasteiger partial charge in [-0.05, 0) is 30.3 Å². The molecule has 3 rings (SSSR count). The predicted molar refractivity (Wildman–Crippen MR) is 103 cm³/mol. The maximum atomic E-state index is 13.7. The van der Waals surface area contributed by atoms with E-state index in [2.05, 4.69) is 10.5 Å². The van der Waals surface area contributed by atoms with Gasteiger partial charge in [-0.2, -0.15) is 5.10 Å². The number of anilines is 1. The number of carbonyl (C=O) groups excluding carboxylic acids is 1. The van der Waals surface area contributed by atoms with Crippen LogP contribution in [0.5, 0.6) is 5.75 Å². The van der Waals surface area contributed by atoms with Gasteiger partial charge in [0.05, 0.1) is 11.8 Å². The van der Waals surface area contributed by atoms with E-state index in [-0.39, 0.29) is 12.4 Å². The van der Waals surface area contributed by atoms with Gasteiger partial charge in [-0.25, -0.2) is 9.82 Å². The number of carbonyl (C=O) groups is 1. The first-order valence-electron chi connectivity index (χ1n) is 8.28. The lowest BCUT2D eigenvalue weighted by molar-refractivity contribution is 0.0956. The number of amides is 1. The number of nitrogens with zero attached hydrogens (tertiary/aromatic N) is 1. The number of hydrogen-bond donors (Lipinski definition) is 2. The zero-order valence-corrected chi connectivity index (χ0v) is 14.4. The molecule has 0 heterocycles. The zero-order chi connectivity index (χ0) is 19.1. The quantitative estimate of drug-likeness (QED) is 0.398. The fourth-order valence-corrected chi connectivity index (χ4v) is 2.41. The van der Waals surface area contributed by atoms with E-state index in [4.69, 9.17) is 10.5 Å². The van der Waals surface area contributed by atoms with Gasteiger partial charge in [0, 0.05) is 16.8 Å². The number of ether oxygens (including phenoxy) is 1. The molecule has 0 saturated carbocycles. The van der Waals surface area contributed by atoms with Crippen LogP contribution in [0.4, 0.5) is 10.1 Å². The third-order valence-corrected chi connectivity index (χ3v) is 3.84. The fraction of sp³-hybridized carbons (Fsp3) is 0.0476. The van der Waals surface area contributed by atoms with E-state index in [1.54, 1.807) is 60.7 Å². The molecule has 0 spiro atoms. The number of para-hydroxylation sites is 2. The van der Waals surface area contributed by atoms with E-state index in [1.165, 1.54) is 12.3 Å². The molecule has 3 aromatic rings. The SMILES string of the molecule is Nc1ccccc1C(=O)N/N=C/c1ccccc1OCc1ccccc1F. The van der Waals surface area contributed by atoms with Crippen LogP contribution in [0.3, 0.4) is 0 Å². The van der Waals surface area contributed by atoms with Gasteiger partial charge in [-0.3, -0.25) is 4.79 Å². The lowest BCUT2D eigenvalue weighted by Crippen LogP contribution is -2.19. The molecule has 6 heteroatoms. The molecule has 136 valence electrons. The summed E-state index contributed by atoms with van der Waals surface area (Å²) >= 11 is 0. The van der Waals surface area contributed by atoms with Crippen LogP contribution >= 0.6 is 0 Å². The Morgan fingerprint density at radius 1 is 1.04 bits per heavy atom. The fourth-order valence-electron chi connectivity index (χ4n) is 2.41. The van der Waals surface area contributed by atoms with E-state index in [1.807, 2.05) is 6.07 Å². The Morgan fingerprint density at radius 2 is 1.74 bits per heavy atom. The highest BCUT2D eigenvalue weighted by atomic mass is 19.1. The molecule has 0 radical (unpaired) electrons. The number of nitrogens with one attached hydrogen (secondary N) is 1. The number of hydrazone groups is 1. The Bertz CT molecular complexity index is 973. The number of nitrogen functional groups attached to an aromatic ring is 1. The molecule has 1 amide bonds. The summed E-state index contributed by atoms with van der Waals surface area (Å²) < 4.78 is 19.4. The first kappa shape index (κ1) is 18.1. The average Bonchev–Trinajstić information content (AvgIpc) is 2.68. The van der Waals surface area contributed by atoms with Crippen molar-refractivity contribution in [2.45, 2.75) is 6.61 Å². The van der Waals surface area contributed by atoms with Crippen molar-refractivity contribution in [2.24, 2.45) is 5.10 Å². The smallest absolute Gasteiger partial charge is 0.273 e. The highest BCUT2D eigenvalue weighted by molar-refractivity contribution is 5.99. The molecule has 5 nitrogen and oxygen atoms in total. The minimum Gasteiger partial charge on any atom is -0.488 e. The van der Waals surface area contributed by atoms with E-state index in [0.29, 0.717) is 28.1 Å². The summed E-state index contributed by atoms with van der Waals surface area (Å²) in [7, 11) is 0. The van der Waals surface area contributed by atoms with E-state index in [0.717, 1.165) is 0 Å². The maximum Gasteiger partial charge on any atom is 0.273 e. The first-order chi connectivity index (χ1) is 13.1. The third kappa shape index (κ3) is 4.70. The third-order valence-electron chi connectivity index (χ3n) is 3.84. The largest absolute Gasteiger partial charge is 0.488 e. The second-order valence-corrected chi connectivity index (χ2v) is 5.70. The van der Waals surface area contributed by atoms with Crippen molar-refractivity contribution in [3.05, 3.63) is 95.3 Å². The van der Waals surface area contributed by atoms with Gasteiger partial charge in [0.15, 0.2) is 0 Å². The summed E-state index contributed by atoms with van der Waals surface area (Å²) in [4.78, 5) is 12.1. The number of benzene rings is 3. The van der Waals surface area contributed by atoms with Crippen molar-refractivity contribution in [1.29, 1.82) is 0 Å². The van der Waals surface area contributed by atoms with Gasteiger partial charge in [-0.15, -0.1) is 0 Å². The highest BCUT2D eigenvalue weighted by Gasteiger charge is 2.08. The van der Waals surface area contributed by atoms with Crippen LogP contribution < -0.4 is 15.9 Å². The predicted octanol–water partition coefficient (Wildman–Crippen LogP) is 3.75. The van der Waals surface area contributed by atoms with Gasteiger partial charge in [-0.1, -0.05) is 42.5 Å². The summed E-state index contributed by atoms with van der Waals surface area (Å²) in [5, 5.41) is 3.96. The van der Waals surface area contributed by atoms with Crippen molar-refractivity contribution >= 4 is 17.8 Å². The van der Waals surface area contributed by atoms with Crippen LogP contribution in [0.25, 0.3) is 0 Å². The van der Waals surface area contributed by atoms with Crippen LogP contribution in [-0.2, 0) is 6.61 Å². The first-order valence-corrected chi connectivity index (χ1v) is 8.28. The van der Waals surface area contributed by atoms with Gasteiger partial charge in [0.1, 0.15) is 18.2 Å². The number of nitrogens with two attached hydrogens (primary N) is 1. The Labute approximate surface area is 156 Å². The second-order valence-electron chi connectivity index (χ2n) is 5.70. The standard InChI is InChI=1S/C21H18FN3O2/c22-18-10-4-1-8-16(18)14-27-20-12-6-2-7-15(20)13-24-25-21(26)17-9-3-5-11-19(17)23/h1-13H,14,23H2,(H,25,26)/b24-13+. The van der Waals surface area contributed by atoms with Crippen molar-refractivity contribution in [3.63, 3.8) is 0 Å². The van der Waals surface area contributed by atoms with Crippen LogP contribution in [0.15, 0.2) is 77.9 Å². The molecule has 0 aliphatic heterocycles. The monoisotopic (exact) mass is 363 g/mol.